The first-order valence-electron chi connectivity index (χ1n) is 14.0. The summed E-state index contributed by atoms with van der Waals surface area (Å²) in [5, 5.41) is 12.0. The van der Waals surface area contributed by atoms with Crippen molar-refractivity contribution in [2.45, 2.75) is 82.3 Å². The van der Waals surface area contributed by atoms with Gasteiger partial charge in [0.1, 0.15) is 11.6 Å². The second-order valence-electron chi connectivity index (χ2n) is 11.8. The van der Waals surface area contributed by atoms with Crippen molar-refractivity contribution in [2.24, 2.45) is 7.05 Å². The lowest BCUT2D eigenvalue weighted by molar-refractivity contribution is -0.138. The fraction of sp³-hybridized carbons (Fsp3) is 0.500. The number of alkyl halides is 4. The van der Waals surface area contributed by atoms with Gasteiger partial charge in [0.25, 0.3) is 5.91 Å². The quantitative estimate of drug-likeness (QED) is 0.329. The Morgan fingerprint density at radius 3 is 2.59 bits per heavy atom. The van der Waals surface area contributed by atoms with Crippen molar-refractivity contribution >= 4 is 11.6 Å². The van der Waals surface area contributed by atoms with Gasteiger partial charge in [-0.05, 0) is 80.0 Å². The minimum atomic E-state index is -4.57. The molecule has 11 heteroatoms. The van der Waals surface area contributed by atoms with Crippen LogP contribution in [0.15, 0.2) is 36.4 Å². The molecule has 2 aromatic carbocycles. The average molecular weight is 572 g/mol. The number of anilines is 1. The largest absolute Gasteiger partial charge is 0.416 e. The Hall–Kier alpha value is -3.31. The van der Waals surface area contributed by atoms with E-state index in [1.807, 2.05) is 23.7 Å². The van der Waals surface area contributed by atoms with Crippen LogP contribution < -0.4 is 10.2 Å². The Morgan fingerprint density at radius 1 is 1.12 bits per heavy atom. The SMILES string of the molecule is Cn1c(Cc2cccc(N3Cc4c(cc(CNC5(C)CCC5)cc4C(F)(F)F)C3=O)c2)nnc1C1CC(OCF)C1. The van der Waals surface area contributed by atoms with Crippen molar-refractivity contribution in [3.05, 3.63) is 75.9 Å². The van der Waals surface area contributed by atoms with Gasteiger partial charge in [-0.2, -0.15) is 13.2 Å². The molecule has 2 fully saturated rings. The van der Waals surface area contributed by atoms with Gasteiger partial charge in [-0.25, -0.2) is 4.39 Å². The number of amides is 1. The lowest BCUT2D eigenvalue weighted by Gasteiger charge is -2.39. The number of carbonyl (C=O) groups excluding carboxylic acids is 1. The molecule has 2 heterocycles. The van der Waals surface area contributed by atoms with Gasteiger partial charge < -0.3 is 19.5 Å². The molecule has 218 valence electrons. The van der Waals surface area contributed by atoms with Crippen LogP contribution in [0.1, 0.15) is 89.2 Å². The fourth-order valence-electron chi connectivity index (χ4n) is 6.13. The highest BCUT2D eigenvalue weighted by Gasteiger charge is 2.41. The van der Waals surface area contributed by atoms with E-state index in [9.17, 15) is 22.4 Å². The summed E-state index contributed by atoms with van der Waals surface area (Å²) in [6.45, 7) is 1.41. The summed E-state index contributed by atoms with van der Waals surface area (Å²) in [5.41, 5.74) is 1.15. The number of ether oxygens (including phenoxy) is 1. The zero-order valence-electron chi connectivity index (χ0n) is 23.1. The van der Waals surface area contributed by atoms with Crippen LogP contribution in [0.3, 0.4) is 0 Å². The predicted octanol–water partition coefficient (Wildman–Crippen LogP) is 5.81. The highest BCUT2D eigenvalue weighted by Crippen LogP contribution is 2.41. The van der Waals surface area contributed by atoms with Crippen molar-refractivity contribution in [3.8, 4) is 0 Å². The van der Waals surface area contributed by atoms with E-state index in [0.29, 0.717) is 30.5 Å². The summed E-state index contributed by atoms with van der Waals surface area (Å²) in [7, 11) is 1.88. The first kappa shape index (κ1) is 27.8. The number of hydrogen-bond donors (Lipinski definition) is 1. The fourth-order valence-corrected chi connectivity index (χ4v) is 6.13. The Labute approximate surface area is 235 Å². The number of aromatic nitrogens is 3. The van der Waals surface area contributed by atoms with Crippen LogP contribution in [0.25, 0.3) is 0 Å². The molecule has 0 radical (unpaired) electrons. The second-order valence-corrected chi connectivity index (χ2v) is 11.8. The van der Waals surface area contributed by atoms with Gasteiger partial charge >= 0.3 is 6.18 Å². The highest BCUT2D eigenvalue weighted by molar-refractivity contribution is 6.10. The topological polar surface area (TPSA) is 72.3 Å². The summed E-state index contributed by atoms with van der Waals surface area (Å²) in [5.74, 6) is 1.26. The molecule has 3 aromatic rings. The molecule has 6 rings (SSSR count). The van der Waals surface area contributed by atoms with Crippen molar-refractivity contribution < 1.29 is 27.1 Å². The number of nitrogens with one attached hydrogen (secondary N) is 1. The number of hydrogen-bond acceptors (Lipinski definition) is 5. The molecule has 2 aliphatic carbocycles. The van der Waals surface area contributed by atoms with Gasteiger partial charge in [0, 0.05) is 42.7 Å². The lowest BCUT2D eigenvalue weighted by atomic mass is 9.78. The van der Waals surface area contributed by atoms with Gasteiger partial charge in [0.15, 0.2) is 6.86 Å². The normalized spacial score (nSPS) is 21.5. The van der Waals surface area contributed by atoms with Crippen molar-refractivity contribution in [3.63, 3.8) is 0 Å². The zero-order chi connectivity index (χ0) is 28.9. The number of nitrogens with zero attached hydrogens (tertiary/aromatic N) is 4. The summed E-state index contributed by atoms with van der Waals surface area (Å²) in [4.78, 5) is 14.9. The lowest BCUT2D eigenvalue weighted by Crippen LogP contribution is -2.47. The third-order valence-electron chi connectivity index (χ3n) is 8.93. The van der Waals surface area contributed by atoms with Crippen LogP contribution in [0, 0.1) is 0 Å². The summed E-state index contributed by atoms with van der Waals surface area (Å²) in [6, 6.07) is 10.0. The Bertz CT molecular complexity index is 1460. The van der Waals surface area contributed by atoms with Crippen LogP contribution in [0.4, 0.5) is 23.2 Å². The van der Waals surface area contributed by atoms with Gasteiger partial charge in [-0.1, -0.05) is 12.1 Å². The predicted molar refractivity (Wildman–Crippen MR) is 144 cm³/mol. The van der Waals surface area contributed by atoms with Crippen LogP contribution in [-0.4, -0.2) is 39.2 Å². The molecule has 1 aromatic heterocycles. The first-order valence-corrected chi connectivity index (χ1v) is 14.0. The van der Waals surface area contributed by atoms with E-state index in [4.69, 9.17) is 4.74 Å². The molecule has 0 atom stereocenters. The van der Waals surface area contributed by atoms with E-state index in [-0.39, 0.29) is 41.8 Å². The standard InChI is InChI=1S/C30H33F4N5O2/c1-29(7-4-8-29)35-15-19-10-23-24(25(11-19)30(32,33)34)16-39(28(23)40)21-6-3-5-18(9-21)12-26-36-37-27(38(26)2)20-13-22(14-20)41-17-31/h3,5-6,9-11,20,22,35H,4,7-8,12-17H2,1-2H3. The molecular weight excluding hydrogens is 538 g/mol. The zero-order valence-corrected chi connectivity index (χ0v) is 23.1. The molecule has 1 N–H and O–H groups in total. The van der Waals surface area contributed by atoms with Crippen LogP contribution in [0.2, 0.25) is 0 Å². The molecule has 0 spiro atoms. The number of carbonyl (C=O) groups is 1. The van der Waals surface area contributed by atoms with Crippen LogP contribution >= 0.6 is 0 Å². The maximum Gasteiger partial charge on any atom is 0.416 e. The van der Waals surface area contributed by atoms with Gasteiger partial charge in [0.2, 0.25) is 0 Å². The number of halogens is 4. The third-order valence-corrected chi connectivity index (χ3v) is 8.93. The third kappa shape index (κ3) is 5.37. The average Bonchev–Trinajstić information content (AvgIpc) is 3.42. The molecule has 0 bridgehead atoms. The maximum atomic E-state index is 14.1. The Balaban J connectivity index is 1.21. The molecule has 1 aliphatic heterocycles. The van der Waals surface area contributed by atoms with E-state index in [0.717, 1.165) is 36.5 Å². The van der Waals surface area contributed by atoms with E-state index < -0.39 is 24.5 Å². The first-order chi connectivity index (χ1) is 19.5. The Morgan fingerprint density at radius 2 is 1.90 bits per heavy atom. The summed E-state index contributed by atoms with van der Waals surface area (Å²) < 4.78 is 61.7. The Kier molecular flexibility index (Phi) is 7.14. The number of fused-ring (bicyclic) bond motifs is 1. The van der Waals surface area contributed by atoms with Crippen molar-refractivity contribution in [1.29, 1.82) is 0 Å². The number of rotatable bonds is 9. The molecule has 3 aliphatic rings. The van der Waals surface area contributed by atoms with E-state index >= 15 is 0 Å². The van der Waals surface area contributed by atoms with E-state index in [1.54, 1.807) is 18.2 Å². The second kappa shape index (κ2) is 10.5. The maximum absolute atomic E-state index is 14.1. The minimum Gasteiger partial charge on any atom is -0.347 e. The molecule has 41 heavy (non-hydrogen) atoms. The minimum absolute atomic E-state index is 0.0139. The molecule has 0 unspecified atom stereocenters. The van der Waals surface area contributed by atoms with Gasteiger partial charge in [0.05, 0.1) is 18.2 Å². The highest BCUT2D eigenvalue weighted by atomic mass is 19.4. The molecule has 0 saturated heterocycles. The van der Waals surface area contributed by atoms with E-state index in [1.165, 1.54) is 11.0 Å². The number of benzene rings is 2. The van der Waals surface area contributed by atoms with E-state index in [2.05, 4.69) is 22.4 Å². The smallest absolute Gasteiger partial charge is 0.347 e. The van der Waals surface area contributed by atoms with Crippen LogP contribution in [0.5, 0.6) is 0 Å². The van der Waals surface area contributed by atoms with Gasteiger partial charge in [-0.15, -0.1) is 10.2 Å². The summed E-state index contributed by atoms with van der Waals surface area (Å²) in [6.07, 6.45) is 0.230. The molecular formula is C30H33F4N5O2. The monoisotopic (exact) mass is 571 g/mol. The van der Waals surface area contributed by atoms with Crippen molar-refractivity contribution in [1.82, 2.24) is 20.1 Å². The molecule has 2 saturated carbocycles. The van der Waals surface area contributed by atoms with Crippen LogP contribution in [-0.2, 0) is 37.5 Å². The summed E-state index contributed by atoms with van der Waals surface area (Å²) >= 11 is 0. The van der Waals surface area contributed by atoms with Gasteiger partial charge in [-0.3, -0.25) is 4.79 Å². The molecule has 1 amide bonds. The van der Waals surface area contributed by atoms with Crippen molar-refractivity contribution in [2.75, 3.05) is 11.8 Å². The molecule has 7 nitrogen and oxygen atoms in total.